The number of hydrogen-bond acceptors (Lipinski definition) is 1. The van der Waals surface area contributed by atoms with Crippen LogP contribution in [0.2, 0.25) is 0 Å². The monoisotopic (exact) mass is 1120 g/mol. The maximum absolute atomic E-state index is 3.36. The second-order valence-electron chi connectivity index (χ2n) is 21.9. The van der Waals surface area contributed by atoms with Gasteiger partial charge in [0.2, 0.25) is 0 Å². The van der Waals surface area contributed by atoms with Crippen molar-refractivity contribution in [2.75, 3.05) is 4.90 Å². The molecule has 0 amide bonds. The lowest BCUT2D eigenvalue weighted by molar-refractivity contribution is 1.25. The Labute approximate surface area is 514 Å². The van der Waals surface area contributed by atoms with Crippen LogP contribution in [0.5, 0.6) is 0 Å². The Bertz CT molecular complexity index is 4680. The second-order valence-corrected chi connectivity index (χ2v) is 21.9. The molecule has 1 aromatic heterocycles. The summed E-state index contributed by atoms with van der Waals surface area (Å²) in [5.41, 5.74) is 31.4. The van der Waals surface area contributed by atoms with Gasteiger partial charge in [-0.2, -0.15) is 0 Å². The number of allylic oxidation sites excluding steroid dienone is 2. The predicted octanol–water partition coefficient (Wildman–Crippen LogP) is 23.7. The SMILES string of the molecule is C=CC=C.CC.Cc1cc(-c2ccccc2)ccc1N(/C=C1/c2ccccc2-c2cccc(C)c21)c1ccc(-c2ccccc2)cc1.Cc1cccc2c1/C(=C\n1c3ccccc3c3cc(-c4cccc(-c5ccccc5)c4)ccc31)c1ccccc1-2. The topological polar surface area (TPSA) is 8.17 Å². The second kappa shape index (κ2) is 25.6. The number of hydrogen-bond donors (Lipinski definition) is 0. The van der Waals surface area contributed by atoms with Crippen LogP contribution >= 0.6 is 0 Å². The molecular weight excluding hydrogens is 1050 g/mol. The molecule has 0 atom stereocenters. The number of fused-ring (bicyclic) bond motifs is 9. The molecule has 15 rings (SSSR count). The molecule has 420 valence electrons. The molecule has 0 spiro atoms. The summed E-state index contributed by atoms with van der Waals surface area (Å²) in [6.45, 7) is 17.4. The van der Waals surface area contributed by atoms with Gasteiger partial charge in [0.05, 0.1) is 11.0 Å². The zero-order valence-electron chi connectivity index (χ0n) is 50.3. The van der Waals surface area contributed by atoms with Crippen LogP contribution < -0.4 is 4.90 Å². The Morgan fingerprint density at radius 1 is 0.310 bits per heavy atom. The molecule has 2 aliphatic rings. The minimum Gasteiger partial charge on any atom is -0.316 e. The van der Waals surface area contributed by atoms with Gasteiger partial charge in [-0.1, -0.05) is 276 Å². The van der Waals surface area contributed by atoms with Gasteiger partial charge >= 0.3 is 0 Å². The van der Waals surface area contributed by atoms with E-state index in [0.717, 1.165) is 5.69 Å². The van der Waals surface area contributed by atoms with Crippen molar-refractivity contribution in [1.82, 2.24) is 4.57 Å². The molecule has 13 aromatic rings. The van der Waals surface area contributed by atoms with Crippen LogP contribution in [0.4, 0.5) is 11.4 Å². The van der Waals surface area contributed by atoms with Gasteiger partial charge in [0, 0.05) is 45.7 Å². The number of anilines is 2. The molecule has 0 saturated carbocycles. The van der Waals surface area contributed by atoms with E-state index in [0.29, 0.717) is 0 Å². The van der Waals surface area contributed by atoms with Gasteiger partial charge in [-0.15, -0.1) is 0 Å². The van der Waals surface area contributed by atoms with E-state index >= 15 is 0 Å². The van der Waals surface area contributed by atoms with Gasteiger partial charge in [0.1, 0.15) is 0 Å². The van der Waals surface area contributed by atoms with Gasteiger partial charge in [-0.05, 0) is 175 Å². The highest BCUT2D eigenvalue weighted by Crippen LogP contribution is 2.49. The van der Waals surface area contributed by atoms with Crippen molar-refractivity contribution >= 4 is 50.5 Å². The zero-order valence-corrected chi connectivity index (χ0v) is 50.3. The van der Waals surface area contributed by atoms with Gasteiger partial charge < -0.3 is 9.47 Å². The smallest absolute Gasteiger partial charge is 0.0535 e. The third kappa shape index (κ3) is 11.3. The molecule has 0 radical (unpaired) electrons. The standard InChI is InChI=1S/C40H31N.C39H27N.C4H6.C2H6/c1-28-12-11-19-37-35-17-9-10-18-36(35)38(40(28)37)27-41(34-23-20-32(21-24-34)30-13-5-3-6-14-30)39-25-22-33(26-29(39)2)31-15-7-4-8-16-31;1-26-11-9-19-34-31-16-5-6-17-32(31)36(39(26)34)25-40-37-20-8-7-18-33(37)35-24-30(21-22-38(35)40)29-15-10-14-28(23-29)27-12-3-2-4-13-27;1-3-4-2;1-2/h3-27H,1-2H3;2-25H,1H3;3-4H,1-2H2;1-2H3/b38-27-;36-25-;;. The Balaban J connectivity index is 0.000000156. The quantitative estimate of drug-likeness (QED) is 0.131. The lowest BCUT2D eigenvalue weighted by atomic mass is 9.98. The molecule has 0 saturated heterocycles. The van der Waals surface area contributed by atoms with E-state index < -0.39 is 0 Å². The zero-order chi connectivity index (χ0) is 59.8. The molecule has 0 unspecified atom stereocenters. The summed E-state index contributed by atoms with van der Waals surface area (Å²) >= 11 is 0. The summed E-state index contributed by atoms with van der Waals surface area (Å²) in [4.78, 5) is 2.37. The van der Waals surface area contributed by atoms with Crippen molar-refractivity contribution < 1.29 is 0 Å². The van der Waals surface area contributed by atoms with Gasteiger partial charge in [-0.3, -0.25) is 0 Å². The summed E-state index contributed by atoms with van der Waals surface area (Å²) in [6, 6.07) is 103. The first-order valence-electron chi connectivity index (χ1n) is 30.2. The number of aryl methyl sites for hydroxylation is 3. The van der Waals surface area contributed by atoms with E-state index in [4.69, 9.17) is 0 Å². The van der Waals surface area contributed by atoms with Crippen LogP contribution in [-0.4, -0.2) is 4.57 Å². The molecule has 2 aliphatic carbocycles. The molecule has 0 fully saturated rings. The third-order valence-corrected chi connectivity index (χ3v) is 16.6. The summed E-state index contributed by atoms with van der Waals surface area (Å²) < 4.78 is 2.39. The summed E-state index contributed by atoms with van der Waals surface area (Å²) in [5.74, 6) is 0. The lowest BCUT2D eigenvalue weighted by Gasteiger charge is -2.25. The number of benzene rings is 12. The van der Waals surface area contributed by atoms with Crippen molar-refractivity contribution in [2.45, 2.75) is 34.6 Å². The maximum Gasteiger partial charge on any atom is 0.0535 e. The number of rotatable bonds is 9. The largest absolute Gasteiger partial charge is 0.316 e. The van der Waals surface area contributed by atoms with Gasteiger partial charge in [-0.25, -0.2) is 0 Å². The van der Waals surface area contributed by atoms with Crippen LogP contribution in [0.25, 0.3) is 106 Å². The predicted molar refractivity (Wildman–Crippen MR) is 376 cm³/mol. The van der Waals surface area contributed by atoms with Crippen LogP contribution in [0, 0.1) is 20.8 Å². The molecule has 1 heterocycles. The normalized spacial score (nSPS) is 12.3. The highest BCUT2D eigenvalue weighted by molar-refractivity contribution is 6.13. The lowest BCUT2D eigenvalue weighted by Crippen LogP contribution is -2.11. The molecule has 2 nitrogen and oxygen atoms in total. The van der Waals surface area contributed by atoms with Crippen LogP contribution in [0.15, 0.2) is 317 Å². The Morgan fingerprint density at radius 3 is 1.29 bits per heavy atom. The minimum atomic E-state index is 1.13. The highest BCUT2D eigenvalue weighted by Gasteiger charge is 2.27. The first-order valence-corrected chi connectivity index (χ1v) is 30.2. The van der Waals surface area contributed by atoms with E-state index in [9.17, 15) is 0 Å². The Hall–Kier alpha value is -10.8. The van der Waals surface area contributed by atoms with Crippen molar-refractivity contribution in [3.05, 3.63) is 356 Å². The highest BCUT2D eigenvalue weighted by atomic mass is 15.1. The fourth-order valence-corrected chi connectivity index (χ4v) is 12.5. The minimum absolute atomic E-state index is 1.13. The average molecular weight is 1120 g/mol. The molecular formula is C85H70N2. The molecule has 0 bridgehead atoms. The fraction of sp³-hybridized carbons (Fsp3) is 0.0588. The van der Waals surface area contributed by atoms with Crippen molar-refractivity contribution in [3.8, 4) is 66.8 Å². The summed E-state index contributed by atoms with van der Waals surface area (Å²) in [7, 11) is 0. The summed E-state index contributed by atoms with van der Waals surface area (Å²) in [5, 5.41) is 2.54. The number of nitrogens with zero attached hydrogens (tertiary/aromatic N) is 2. The van der Waals surface area contributed by atoms with Crippen molar-refractivity contribution in [1.29, 1.82) is 0 Å². The van der Waals surface area contributed by atoms with Crippen LogP contribution in [-0.2, 0) is 0 Å². The molecule has 0 aliphatic heterocycles. The van der Waals surface area contributed by atoms with Crippen LogP contribution in [0.3, 0.4) is 0 Å². The van der Waals surface area contributed by atoms with Gasteiger partial charge in [0.15, 0.2) is 0 Å². The maximum atomic E-state index is 3.36. The third-order valence-electron chi connectivity index (χ3n) is 16.6. The van der Waals surface area contributed by atoms with Crippen molar-refractivity contribution in [3.63, 3.8) is 0 Å². The Morgan fingerprint density at radius 2 is 0.713 bits per heavy atom. The van der Waals surface area contributed by atoms with E-state index in [-0.39, 0.29) is 0 Å². The molecule has 87 heavy (non-hydrogen) atoms. The molecule has 2 heteroatoms. The molecule has 0 N–H and O–H groups in total. The Kier molecular flexibility index (Phi) is 16.7. The van der Waals surface area contributed by atoms with Crippen molar-refractivity contribution in [2.24, 2.45) is 0 Å². The number of aromatic nitrogens is 1. The first-order chi connectivity index (χ1) is 42.8. The van der Waals surface area contributed by atoms with E-state index in [2.05, 4.69) is 341 Å². The van der Waals surface area contributed by atoms with E-state index in [1.54, 1.807) is 12.2 Å². The first kappa shape index (κ1) is 56.7. The van der Waals surface area contributed by atoms with Gasteiger partial charge in [0.25, 0.3) is 0 Å². The van der Waals surface area contributed by atoms with E-state index in [1.165, 1.54) is 144 Å². The van der Waals surface area contributed by atoms with Crippen LogP contribution in [0.1, 0.15) is 52.8 Å². The summed E-state index contributed by atoms with van der Waals surface area (Å²) in [6.07, 6.45) is 7.98. The number of para-hydroxylation sites is 1. The molecule has 12 aromatic carbocycles. The fourth-order valence-electron chi connectivity index (χ4n) is 12.5. The average Bonchev–Trinajstić information content (AvgIpc) is 1.84. The van der Waals surface area contributed by atoms with E-state index in [1.807, 2.05) is 13.8 Å².